The first-order chi connectivity index (χ1) is 9.49. The molecule has 0 aliphatic carbocycles. The number of ether oxygens (including phenoxy) is 1. The van der Waals surface area contributed by atoms with Gasteiger partial charge in [-0.3, -0.25) is 9.67 Å². The summed E-state index contributed by atoms with van der Waals surface area (Å²) in [5.41, 5.74) is 2.99. The lowest BCUT2D eigenvalue weighted by molar-refractivity contribution is 0.459. The zero-order chi connectivity index (χ0) is 14.7. The van der Waals surface area contributed by atoms with Gasteiger partial charge in [0.1, 0.15) is 11.4 Å². The van der Waals surface area contributed by atoms with Crippen LogP contribution in [0.3, 0.4) is 0 Å². The Morgan fingerprint density at radius 3 is 2.70 bits per heavy atom. The number of rotatable bonds is 5. The van der Waals surface area contributed by atoms with Crippen LogP contribution in [0.5, 0.6) is 11.5 Å². The number of aryl methyl sites for hydroxylation is 2. The van der Waals surface area contributed by atoms with E-state index in [1.54, 1.807) is 12.4 Å². The van der Waals surface area contributed by atoms with Gasteiger partial charge >= 0.3 is 0 Å². The highest BCUT2D eigenvalue weighted by atomic mass is 16.5. The van der Waals surface area contributed by atoms with Crippen LogP contribution in [0.2, 0.25) is 0 Å². The summed E-state index contributed by atoms with van der Waals surface area (Å²) in [6, 6.07) is 2.41. The third-order valence-corrected chi connectivity index (χ3v) is 3.23. The van der Waals surface area contributed by atoms with Gasteiger partial charge in [0.2, 0.25) is 0 Å². The molecular weight excluding hydrogens is 252 g/mol. The van der Waals surface area contributed by atoms with Gasteiger partial charge < -0.3 is 10.1 Å². The standard InChI is InChI=1S/C15H22N4O/c1-10(2)17-8-13-6-7-16-9-14(13)20-15-11(3)18-19(5)12(15)4/h6-7,9-10,17H,8H2,1-5H3. The van der Waals surface area contributed by atoms with Crippen LogP contribution in [0, 0.1) is 13.8 Å². The van der Waals surface area contributed by atoms with E-state index in [9.17, 15) is 0 Å². The van der Waals surface area contributed by atoms with Gasteiger partial charge in [0.05, 0.1) is 11.9 Å². The average molecular weight is 274 g/mol. The van der Waals surface area contributed by atoms with Crippen LogP contribution in [0.4, 0.5) is 0 Å². The highest BCUT2D eigenvalue weighted by molar-refractivity contribution is 5.39. The second kappa shape index (κ2) is 6.05. The maximum absolute atomic E-state index is 6.04. The first kappa shape index (κ1) is 14.5. The monoisotopic (exact) mass is 274 g/mol. The van der Waals surface area contributed by atoms with Crippen molar-refractivity contribution in [1.29, 1.82) is 0 Å². The molecule has 0 amide bonds. The minimum Gasteiger partial charge on any atom is -0.452 e. The molecule has 0 radical (unpaired) electrons. The molecule has 108 valence electrons. The SMILES string of the molecule is Cc1nn(C)c(C)c1Oc1cnccc1CNC(C)C. The van der Waals surface area contributed by atoms with E-state index < -0.39 is 0 Å². The molecule has 20 heavy (non-hydrogen) atoms. The minimum absolute atomic E-state index is 0.429. The summed E-state index contributed by atoms with van der Waals surface area (Å²) in [6.07, 6.45) is 3.54. The van der Waals surface area contributed by atoms with Crippen LogP contribution in [0.1, 0.15) is 30.8 Å². The Morgan fingerprint density at radius 1 is 1.35 bits per heavy atom. The fourth-order valence-electron chi connectivity index (χ4n) is 1.97. The van der Waals surface area contributed by atoms with E-state index in [-0.39, 0.29) is 0 Å². The Hall–Kier alpha value is -1.88. The molecule has 0 saturated heterocycles. The third kappa shape index (κ3) is 3.17. The summed E-state index contributed by atoms with van der Waals surface area (Å²) >= 11 is 0. The fraction of sp³-hybridized carbons (Fsp3) is 0.467. The third-order valence-electron chi connectivity index (χ3n) is 3.23. The number of nitrogens with one attached hydrogen (secondary N) is 1. The van der Waals surface area contributed by atoms with E-state index in [2.05, 4.69) is 29.2 Å². The van der Waals surface area contributed by atoms with E-state index in [0.717, 1.165) is 35.0 Å². The molecule has 2 aromatic heterocycles. The van der Waals surface area contributed by atoms with Crippen LogP contribution in [0.15, 0.2) is 18.5 Å². The quantitative estimate of drug-likeness (QED) is 0.911. The van der Waals surface area contributed by atoms with Crippen molar-refractivity contribution in [2.75, 3.05) is 0 Å². The number of hydrogen-bond acceptors (Lipinski definition) is 4. The molecule has 5 heteroatoms. The predicted octanol–water partition coefficient (Wildman–Crippen LogP) is 2.72. The van der Waals surface area contributed by atoms with E-state index >= 15 is 0 Å². The first-order valence-corrected chi connectivity index (χ1v) is 6.83. The molecule has 0 saturated carbocycles. The molecule has 0 atom stereocenters. The van der Waals surface area contributed by atoms with Crippen LogP contribution in [-0.4, -0.2) is 20.8 Å². The lowest BCUT2D eigenvalue weighted by Crippen LogP contribution is -2.22. The smallest absolute Gasteiger partial charge is 0.171 e. The molecule has 0 spiro atoms. The second-order valence-electron chi connectivity index (χ2n) is 5.24. The zero-order valence-corrected chi connectivity index (χ0v) is 12.8. The number of pyridine rings is 1. The fourth-order valence-corrected chi connectivity index (χ4v) is 1.97. The molecule has 0 aromatic carbocycles. The molecule has 0 fully saturated rings. The molecule has 2 heterocycles. The van der Waals surface area contributed by atoms with Crippen LogP contribution in [-0.2, 0) is 13.6 Å². The molecule has 0 aliphatic heterocycles. The second-order valence-corrected chi connectivity index (χ2v) is 5.24. The van der Waals surface area contributed by atoms with Crippen LogP contribution in [0.25, 0.3) is 0 Å². The van der Waals surface area contributed by atoms with Crippen molar-refractivity contribution in [3.05, 3.63) is 35.4 Å². The Labute approximate surface area is 120 Å². The Balaban J connectivity index is 2.24. The summed E-state index contributed by atoms with van der Waals surface area (Å²) in [4.78, 5) is 4.15. The van der Waals surface area contributed by atoms with Crippen molar-refractivity contribution >= 4 is 0 Å². The van der Waals surface area contributed by atoms with Gasteiger partial charge in [-0.1, -0.05) is 13.8 Å². The lowest BCUT2D eigenvalue weighted by atomic mass is 10.2. The maximum atomic E-state index is 6.04. The molecule has 2 rings (SSSR count). The van der Waals surface area contributed by atoms with Gasteiger partial charge in [-0.15, -0.1) is 0 Å². The van der Waals surface area contributed by atoms with Crippen molar-refractivity contribution in [3.63, 3.8) is 0 Å². The van der Waals surface area contributed by atoms with Gasteiger partial charge in [-0.25, -0.2) is 0 Å². The van der Waals surface area contributed by atoms with Gasteiger partial charge in [0.25, 0.3) is 0 Å². The summed E-state index contributed by atoms with van der Waals surface area (Å²) in [6.45, 7) is 8.95. The highest BCUT2D eigenvalue weighted by Gasteiger charge is 2.14. The van der Waals surface area contributed by atoms with Crippen LogP contribution >= 0.6 is 0 Å². The highest BCUT2D eigenvalue weighted by Crippen LogP contribution is 2.29. The van der Waals surface area contributed by atoms with Crippen molar-refractivity contribution in [2.24, 2.45) is 7.05 Å². The number of hydrogen-bond donors (Lipinski definition) is 1. The Morgan fingerprint density at radius 2 is 2.10 bits per heavy atom. The van der Waals surface area contributed by atoms with E-state index in [1.807, 2.05) is 31.6 Å². The topological polar surface area (TPSA) is 52.0 Å². The Kier molecular flexibility index (Phi) is 4.39. The van der Waals surface area contributed by atoms with E-state index in [0.29, 0.717) is 6.04 Å². The molecule has 5 nitrogen and oxygen atoms in total. The number of aromatic nitrogens is 3. The maximum Gasteiger partial charge on any atom is 0.171 e. The lowest BCUT2D eigenvalue weighted by Gasteiger charge is -2.13. The molecule has 1 N–H and O–H groups in total. The molecule has 0 unspecified atom stereocenters. The summed E-state index contributed by atoms with van der Waals surface area (Å²) in [5, 5.41) is 7.76. The summed E-state index contributed by atoms with van der Waals surface area (Å²) in [5.74, 6) is 1.59. The van der Waals surface area contributed by atoms with Gasteiger partial charge in [0.15, 0.2) is 5.75 Å². The molecule has 0 aliphatic rings. The van der Waals surface area contributed by atoms with Gasteiger partial charge in [0, 0.05) is 31.4 Å². The average Bonchev–Trinajstić information content (AvgIpc) is 2.64. The van der Waals surface area contributed by atoms with Gasteiger partial charge in [-0.05, 0) is 19.9 Å². The summed E-state index contributed by atoms with van der Waals surface area (Å²) < 4.78 is 7.86. The van der Waals surface area contributed by atoms with Crippen molar-refractivity contribution < 1.29 is 4.74 Å². The molecular formula is C15H22N4O. The largest absolute Gasteiger partial charge is 0.452 e. The van der Waals surface area contributed by atoms with Crippen LogP contribution < -0.4 is 10.1 Å². The van der Waals surface area contributed by atoms with Crippen molar-refractivity contribution in [3.8, 4) is 11.5 Å². The van der Waals surface area contributed by atoms with E-state index in [4.69, 9.17) is 4.74 Å². The van der Waals surface area contributed by atoms with Gasteiger partial charge in [-0.2, -0.15) is 5.10 Å². The summed E-state index contributed by atoms with van der Waals surface area (Å²) in [7, 11) is 1.92. The minimum atomic E-state index is 0.429. The van der Waals surface area contributed by atoms with Crippen molar-refractivity contribution in [1.82, 2.24) is 20.1 Å². The Bertz CT molecular complexity index is 590. The predicted molar refractivity (Wildman–Crippen MR) is 79.0 cm³/mol. The molecule has 2 aromatic rings. The molecule has 0 bridgehead atoms. The van der Waals surface area contributed by atoms with Crippen molar-refractivity contribution in [2.45, 2.75) is 40.3 Å². The first-order valence-electron chi connectivity index (χ1n) is 6.83. The normalized spacial score (nSPS) is 11.1. The van der Waals surface area contributed by atoms with E-state index in [1.165, 1.54) is 0 Å². The number of nitrogens with zero attached hydrogens (tertiary/aromatic N) is 3. The zero-order valence-electron chi connectivity index (χ0n) is 12.8.